The van der Waals surface area contributed by atoms with E-state index < -0.39 is 0 Å². The molecule has 0 bridgehead atoms. The van der Waals surface area contributed by atoms with Crippen LogP contribution in [0, 0.1) is 0 Å². The lowest BCUT2D eigenvalue weighted by Gasteiger charge is -2.00. The number of aliphatic imine (C=N–C) groups is 1. The average Bonchev–Trinajstić information content (AvgIpc) is 2.51. The van der Waals surface area contributed by atoms with Gasteiger partial charge < -0.3 is 4.57 Å². The van der Waals surface area contributed by atoms with Gasteiger partial charge in [0.2, 0.25) is 0 Å². The van der Waals surface area contributed by atoms with Crippen molar-refractivity contribution in [2.24, 2.45) is 12.0 Å². The number of halogens is 1. The largest absolute Gasteiger partial charge is 0.322 e. The fourth-order valence-electron chi connectivity index (χ4n) is 0.901. The Balaban J connectivity index is 0.000000791. The Hall–Kier alpha value is -0.900. The Morgan fingerprint density at radius 2 is 2.21 bits per heavy atom. The van der Waals surface area contributed by atoms with E-state index in [-0.39, 0.29) is 0 Å². The van der Waals surface area contributed by atoms with Gasteiger partial charge in [0.05, 0.1) is 6.20 Å². The van der Waals surface area contributed by atoms with Gasteiger partial charge >= 0.3 is 0 Å². The second-order valence-corrected chi connectivity index (χ2v) is 3.19. The quantitative estimate of drug-likeness (QED) is 0.750. The van der Waals surface area contributed by atoms with Gasteiger partial charge in [0.25, 0.3) is 0 Å². The summed E-state index contributed by atoms with van der Waals surface area (Å²) in [5, 5.41) is 0. The first-order valence-corrected chi connectivity index (χ1v) is 5.24. The molecule has 14 heavy (non-hydrogen) atoms. The highest BCUT2D eigenvalue weighted by atomic mass is 79.9. The van der Waals surface area contributed by atoms with Crippen LogP contribution >= 0.6 is 15.9 Å². The van der Waals surface area contributed by atoms with E-state index in [1.807, 2.05) is 25.5 Å². The molecule has 0 fully saturated rings. The molecule has 3 nitrogen and oxygen atoms in total. The molecular formula is C10H16BrN3. The summed E-state index contributed by atoms with van der Waals surface area (Å²) in [5.41, 5.74) is 0.811. The number of hydrogen-bond donors (Lipinski definition) is 0. The number of aromatic nitrogens is 2. The second kappa shape index (κ2) is 6.54. The molecule has 0 amide bonds. The minimum atomic E-state index is 0.811. The summed E-state index contributed by atoms with van der Waals surface area (Å²) < 4.78 is 2.84. The third kappa shape index (κ3) is 3.10. The smallest absolute Gasteiger partial charge is 0.141 e. The van der Waals surface area contributed by atoms with Gasteiger partial charge in [-0.05, 0) is 15.9 Å². The zero-order valence-electron chi connectivity index (χ0n) is 9.08. The summed E-state index contributed by atoms with van der Waals surface area (Å²) >= 11 is 3.35. The summed E-state index contributed by atoms with van der Waals surface area (Å²) in [5.74, 6) is 0.826. The Bertz CT molecular complexity index is 326. The average molecular weight is 258 g/mol. The van der Waals surface area contributed by atoms with Crippen LogP contribution in [-0.2, 0) is 7.05 Å². The molecular weight excluding hydrogens is 242 g/mol. The lowest BCUT2D eigenvalue weighted by molar-refractivity contribution is 0.873. The van der Waals surface area contributed by atoms with Crippen LogP contribution in [0.3, 0.4) is 0 Å². The molecule has 4 heteroatoms. The Kier molecular flexibility index (Phi) is 6.12. The molecule has 1 aromatic heterocycles. The van der Waals surface area contributed by atoms with Gasteiger partial charge in [-0.25, -0.2) is 4.98 Å². The molecule has 0 aliphatic carbocycles. The first-order chi connectivity index (χ1) is 6.66. The Morgan fingerprint density at radius 3 is 2.57 bits per heavy atom. The SMILES string of the molecule is C=C(C=NC)c1ncc(Br)n1C.CC. The minimum absolute atomic E-state index is 0.811. The molecule has 0 radical (unpaired) electrons. The molecule has 0 saturated heterocycles. The van der Waals surface area contributed by atoms with Crippen molar-refractivity contribution in [2.45, 2.75) is 13.8 Å². The first-order valence-electron chi connectivity index (χ1n) is 4.45. The van der Waals surface area contributed by atoms with Crippen molar-refractivity contribution in [2.75, 3.05) is 7.05 Å². The van der Waals surface area contributed by atoms with Crippen LogP contribution in [0.15, 0.2) is 22.4 Å². The van der Waals surface area contributed by atoms with Crippen molar-refractivity contribution in [1.29, 1.82) is 0 Å². The van der Waals surface area contributed by atoms with Crippen LogP contribution in [0.5, 0.6) is 0 Å². The molecule has 1 rings (SSSR count). The lowest BCUT2D eigenvalue weighted by atomic mass is 10.3. The number of nitrogens with zero attached hydrogens (tertiary/aromatic N) is 3. The van der Waals surface area contributed by atoms with Crippen LogP contribution in [0.1, 0.15) is 19.7 Å². The van der Waals surface area contributed by atoms with Gasteiger partial charge in [-0.3, -0.25) is 4.99 Å². The standard InChI is InChI=1S/C8H10BrN3.C2H6/c1-6(4-10-2)8-11-5-7(9)12(8)3;1-2/h4-5H,1H2,2-3H3;1-2H3. The van der Waals surface area contributed by atoms with Crippen molar-refractivity contribution in [1.82, 2.24) is 9.55 Å². The minimum Gasteiger partial charge on any atom is -0.322 e. The van der Waals surface area contributed by atoms with Gasteiger partial charge in [0.1, 0.15) is 10.4 Å². The van der Waals surface area contributed by atoms with Crippen LogP contribution in [-0.4, -0.2) is 22.8 Å². The zero-order valence-corrected chi connectivity index (χ0v) is 10.7. The zero-order chi connectivity index (χ0) is 11.1. The molecule has 0 N–H and O–H groups in total. The summed E-state index contributed by atoms with van der Waals surface area (Å²) in [6.07, 6.45) is 3.43. The first kappa shape index (κ1) is 13.1. The maximum atomic E-state index is 4.16. The van der Waals surface area contributed by atoms with E-state index in [9.17, 15) is 0 Å². The van der Waals surface area contributed by atoms with E-state index in [0.717, 1.165) is 16.0 Å². The molecule has 0 saturated carbocycles. The normalized spacial score (nSPS) is 9.79. The highest BCUT2D eigenvalue weighted by Crippen LogP contribution is 2.14. The summed E-state index contributed by atoms with van der Waals surface area (Å²) in [4.78, 5) is 8.03. The molecule has 0 unspecified atom stereocenters. The highest BCUT2D eigenvalue weighted by molar-refractivity contribution is 9.10. The molecule has 0 aliphatic rings. The third-order valence-electron chi connectivity index (χ3n) is 1.50. The van der Waals surface area contributed by atoms with Crippen LogP contribution in [0.4, 0.5) is 0 Å². The maximum Gasteiger partial charge on any atom is 0.141 e. The third-order valence-corrected chi connectivity index (χ3v) is 2.24. The van der Waals surface area contributed by atoms with Crippen molar-refractivity contribution >= 4 is 27.7 Å². The van der Waals surface area contributed by atoms with Gasteiger partial charge in [-0.1, -0.05) is 20.4 Å². The van der Waals surface area contributed by atoms with Crippen LogP contribution < -0.4 is 0 Å². The van der Waals surface area contributed by atoms with E-state index in [1.165, 1.54) is 0 Å². The van der Waals surface area contributed by atoms with E-state index in [4.69, 9.17) is 0 Å². The fourth-order valence-corrected chi connectivity index (χ4v) is 1.17. The monoisotopic (exact) mass is 257 g/mol. The van der Waals surface area contributed by atoms with E-state index in [1.54, 1.807) is 19.5 Å². The number of hydrogen-bond acceptors (Lipinski definition) is 2. The number of imidazole rings is 1. The lowest BCUT2D eigenvalue weighted by Crippen LogP contribution is -1.97. The van der Waals surface area contributed by atoms with E-state index >= 15 is 0 Å². The highest BCUT2D eigenvalue weighted by Gasteiger charge is 2.04. The van der Waals surface area contributed by atoms with Gasteiger partial charge in [-0.15, -0.1) is 0 Å². The molecule has 1 heterocycles. The molecule has 0 aromatic carbocycles. The van der Waals surface area contributed by atoms with Crippen LogP contribution in [0.2, 0.25) is 0 Å². The predicted molar refractivity (Wildman–Crippen MR) is 65.7 cm³/mol. The van der Waals surface area contributed by atoms with Crippen LogP contribution in [0.25, 0.3) is 5.57 Å². The van der Waals surface area contributed by atoms with Crippen molar-refractivity contribution < 1.29 is 0 Å². The summed E-state index contributed by atoms with van der Waals surface area (Å²) in [7, 11) is 3.63. The Morgan fingerprint density at radius 1 is 1.64 bits per heavy atom. The van der Waals surface area contributed by atoms with Gasteiger partial charge in [0, 0.05) is 25.9 Å². The van der Waals surface area contributed by atoms with Crippen molar-refractivity contribution in [3.05, 3.63) is 23.2 Å². The summed E-state index contributed by atoms with van der Waals surface area (Å²) in [6, 6.07) is 0. The molecule has 78 valence electrons. The number of allylic oxidation sites excluding steroid dienone is 1. The topological polar surface area (TPSA) is 30.2 Å². The molecule has 0 spiro atoms. The molecule has 1 aromatic rings. The van der Waals surface area contributed by atoms with Gasteiger partial charge in [0.15, 0.2) is 0 Å². The van der Waals surface area contributed by atoms with E-state index in [2.05, 4.69) is 32.5 Å². The second-order valence-electron chi connectivity index (χ2n) is 2.38. The summed E-state index contributed by atoms with van der Waals surface area (Å²) in [6.45, 7) is 7.84. The van der Waals surface area contributed by atoms with E-state index in [0.29, 0.717) is 0 Å². The van der Waals surface area contributed by atoms with Crippen molar-refractivity contribution in [3.63, 3.8) is 0 Å². The maximum absolute atomic E-state index is 4.16. The van der Waals surface area contributed by atoms with Gasteiger partial charge in [-0.2, -0.15) is 0 Å². The fraction of sp³-hybridized carbons (Fsp3) is 0.400. The molecule has 0 atom stereocenters. The van der Waals surface area contributed by atoms with Crippen molar-refractivity contribution in [3.8, 4) is 0 Å². The Labute approximate surface area is 93.7 Å². The number of rotatable bonds is 2. The molecule has 0 aliphatic heterocycles. The predicted octanol–water partition coefficient (Wildman–Crippen LogP) is 2.92.